The van der Waals surface area contributed by atoms with Gasteiger partial charge in [-0.1, -0.05) is 103 Å². The lowest BCUT2D eigenvalue weighted by Crippen LogP contribution is -2.64. The van der Waals surface area contributed by atoms with E-state index in [9.17, 15) is 20.1 Å². The topological polar surface area (TPSA) is 108 Å². The molecule has 0 aromatic heterocycles. The predicted octanol–water partition coefficient (Wildman–Crippen LogP) is 4.21. The molecule has 0 aliphatic carbocycles. The van der Waals surface area contributed by atoms with Crippen LogP contribution in [-0.4, -0.2) is 65.1 Å². The summed E-state index contributed by atoms with van der Waals surface area (Å²) in [7, 11) is 0. The van der Waals surface area contributed by atoms with Crippen LogP contribution in [0, 0.1) is 0 Å². The summed E-state index contributed by atoms with van der Waals surface area (Å²) >= 11 is 0. The van der Waals surface area contributed by atoms with Crippen LogP contribution in [0.4, 0.5) is 0 Å². The van der Waals surface area contributed by atoms with Gasteiger partial charge in [-0.2, -0.15) is 0 Å². The second-order valence-electron chi connectivity index (χ2n) is 9.61. The number of nitrogens with one attached hydrogen (secondary N) is 1. The fourth-order valence-corrected chi connectivity index (χ4v) is 4.46. The number of ether oxygens (including phenoxy) is 2. The van der Waals surface area contributed by atoms with Gasteiger partial charge in [-0.15, -0.1) is 0 Å². The number of aliphatic hydroxyl groups is 3. The first-order chi connectivity index (χ1) is 16.0. The molecule has 0 spiro atoms. The smallest absolute Gasteiger partial charge is 0.217 e. The highest BCUT2D eigenvalue weighted by Gasteiger charge is 2.45. The minimum absolute atomic E-state index is 0.340. The largest absolute Gasteiger partial charge is 0.394 e. The summed E-state index contributed by atoms with van der Waals surface area (Å²) in [6, 6.07) is -0.860. The molecule has 1 aliphatic rings. The maximum Gasteiger partial charge on any atom is 0.217 e. The first kappa shape index (κ1) is 30.3. The zero-order valence-corrected chi connectivity index (χ0v) is 21.2. The Hall–Kier alpha value is -0.730. The van der Waals surface area contributed by atoms with Gasteiger partial charge in [0.25, 0.3) is 0 Å². The van der Waals surface area contributed by atoms with Crippen LogP contribution in [0.15, 0.2) is 0 Å². The normalized spacial score (nSPS) is 25.3. The zero-order valence-electron chi connectivity index (χ0n) is 21.2. The molecule has 33 heavy (non-hydrogen) atoms. The lowest BCUT2D eigenvalue weighted by atomic mass is 9.97. The molecule has 1 fully saturated rings. The number of amides is 1. The first-order valence-corrected chi connectivity index (χ1v) is 13.5. The highest BCUT2D eigenvalue weighted by molar-refractivity contribution is 5.73. The Morgan fingerprint density at radius 2 is 1.24 bits per heavy atom. The number of carbonyl (C=O) groups excluding carboxylic acids is 1. The van der Waals surface area contributed by atoms with Crippen LogP contribution in [0.1, 0.15) is 117 Å². The van der Waals surface area contributed by atoms with E-state index in [0.717, 1.165) is 12.8 Å². The third-order valence-corrected chi connectivity index (χ3v) is 6.53. The van der Waals surface area contributed by atoms with Gasteiger partial charge in [0.05, 0.1) is 6.61 Å². The lowest BCUT2D eigenvalue weighted by Gasteiger charge is -2.42. The van der Waals surface area contributed by atoms with E-state index in [1.165, 1.54) is 96.8 Å². The number of unbranched alkanes of at least 4 members (excludes halogenated alkanes) is 15. The molecule has 7 heteroatoms. The lowest BCUT2D eigenvalue weighted by molar-refractivity contribution is -0.270. The summed E-state index contributed by atoms with van der Waals surface area (Å²) in [5.74, 6) is -0.340. The molecule has 5 atom stereocenters. The standard InChI is InChI=1S/C26H51NO6/c1-3-4-5-6-7-8-9-10-11-12-13-14-15-16-17-18-19-32-26-23(27-21(2)29)25(31)24(30)22(20-28)33-26/h22-26,28,30-31H,3-20H2,1-2H3,(H,27,29)/t22-,23-,24+,25+,26-/m1/s1. The summed E-state index contributed by atoms with van der Waals surface area (Å²) in [5.41, 5.74) is 0. The van der Waals surface area contributed by atoms with Crippen molar-refractivity contribution < 1.29 is 29.6 Å². The molecule has 196 valence electrons. The Morgan fingerprint density at radius 1 is 0.788 bits per heavy atom. The number of hydrogen-bond donors (Lipinski definition) is 4. The second-order valence-corrected chi connectivity index (χ2v) is 9.61. The molecule has 0 bridgehead atoms. The maximum absolute atomic E-state index is 11.4. The van der Waals surface area contributed by atoms with Gasteiger partial charge in [-0.25, -0.2) is 0 Å². The molecule has 0 aromatic carbocycles. The molecule has 1 aliphatic heterocycles. The Bertz CT molecular complexity index is 478. The van der Waals surface area contributed by atoms with Crippen molar-refractivity contribution in [3.05, 3.63) is 0 Å². The average molecular weight is 474 g/mol. The molecule has 0 saturated carbocycles. The van der Waals surface area contributed by atoms with Crippen molar-refractivity contribution in [3.63, 3.8) is 0 Å². The fraction of sp³-hybridized carbons (Fsp3) is 0.962. The molecular formula is C26H51NO6. The highest BCUT2D eigenvalue weighted by Crippen LogP contribution is 2.22. The van der Waals surface area contributed by atoms with Gasteiger partial charge in [0, 0.05) is 13.5 Å². The number of aliphatic hydroxyl groups excluding tert-OH is 3. The summed E-state index contributed by atoms with van der Waals surface area (Å²) < 4.78 is 11.3. The molecule has 1 heterocycles. The quantitative estimate of drug-likeness (QED) is 0.197. The third-order valence-electron chi connectivity index (χ3n) is 6.53. The van der Waals surface area contributed by atoms with E-state index < -0.39 is 37.3 Å². The van der Waals surface area contributed by atoms with Crippen LogP contribution in [0.3, 0.4) is 0 Å². The van der Waals surface area contributed by atoms with E-state index in [1.807, 2.05) is 0 Å². The van der Waals surface area contributed by atoms with Crippen LogP contribution < -0.4 is 5.32 Å². The maximum atomic E-state index is 11.4. The van der Waals surface area contributed by atoms with Crippen LogP contribution in [0.25, 0.3) is 0 Å². The minimum Gasteiger partial charge on any atom is -0.394 e. The van der Waals surface area contributed by atoms with E-state index in [4.69, 9.17) is 9.47 Å². The molecule has 0 unspecified atom stereocenters. The summed E-state index contributed by atoms with van der Waals surface area (Å²) in [4.78, 5) is 11.4. The Labute approximate surface area is 201 Å². The zero-order chi connectivity index (χ0) is 24.3. The van der Waals surface area contributed by atoms with E-state index >= 15 is 0 Å². The van der Waals surface area contributed by atoms with Crippen molar-refractivity contribution in [2.45, 2.75) is 147 Å². The van der Waals surface area contributed by atoms with Crippen molar-refractivity contribution in [3.8, 4) is 0 Å². The van der Waals surface area contributed by atoms with Crippen LogP contribution in [0.2, 0.25) is 0 Å². The molecule has 0 radical (unpaired) electrons. The number of rotatable bonds is 20. The van der Waals surface area contributed by atoms with Gasteiger partial charge in [0.2, 0.25) is 5.91 Å². The SMILES string of the molecule is CCCCCCCCCCCCCCCCCCO[C@@H]1O[C@H](CO)[C@H](O)[C@@H](O)[C@H]1NC(C)=O. The first-order valence-electron chi connectivity index (χ1n) is 13.5. The van der Waals surface area contributed by atoms with Crippen molar-refractivity contribution >= 4 is 5.91 Å². The summed E-state index contributed by atoms with van der Waals surface area (Å²) in [6.07, 6.45) is 16.5. The number of hydrogen-bond acceptors (Lipinski definition) is 6. The van der Waals surface area contributed by atoms with Crippen molar-refractivity contribution in [1.29, 1.82) is 0 Å². The van der Waals surface area contributed by atoms with Crippen molar-refractivity contribution in [1.82, 2.24) is 5.32 Å². The molecule has 1 saturated heterocycles. The molecular weight excluding hydrogens is 422 g/mol. The van der Waals surface area contributed by atoms with Crippen LogP contribution in [-0.2, 0) is 14.3 Å². The summed E-state index contributed by atoms with van der Waals surface area (Å²) in [6.45, 7) is 3.62. The molecule has 1 amide bonds. The van der Waals surface area contributed by atoms with Gasteiger partial charge < -0.3 is 30.1 Å². The summed E-state index contributed by atoms with van der Waals surface area (Å²) in [5, 5.41) is 32.2. The van der Waals surface area contributed by atoms with Gasteiger partial charge in [-0.05, 0) is 6.42 Å². The van der Waals surface area contributed by atoms with Crippen LogP contribution in [0.5, 0.6) is 0 Å². The van der Waals surface area contributed by atoms with Gasteiger partial charge in [0.1, 0.15) is 24.4 Å². The molecule has 4 N–H and O–H groups in total. The average Bonchev–Trinajstić information content (AvgIpc) is 2.80. The Kier molecular flexibility index (Phi) is 18.0. The second kappa shape index (κ2) is 19.6. The monoisotopic (exact) mass is 473 g/mol. The molecule has 0 aromatic rings. The minimum atomic E-state index is -1.28. The number of carbonyl (C=O) groups is 1. The van der Waals surface area contributed by atoms with Gasteiger partial charge in [0.15, 0.2) is 6.29 Å². The Morgan fingerprint density at radius 3 is 1.67 bits per heavy atom. The molecule has 7 nitrogen and oxygen atoms in total. The van der Waals surface area contributed by atoms with Gasteiger partial charge in [-0.3, -0.25) is 4.79 Å². The van der Waals surface area contributed by atoms with Gasteiger partial charge >= 0.3 is 0 Å². The third kappa shape index (κ3) is 13.7. The van der Waals surface area contributed by atoms with Crippen LogP contribution >= 0.6 is 0 Å². The molecule has 1 rings (SSSR count). The fourth-order valence-electron chi connectivity index (χ4n) is 4.46. The van der Waals surface area contributed by atoms with E-state index in [0.29, 0.717) is 6.61 Å². The van der Waals surface area contributed by atoms with E-state index in [2.05, 4.69) is 12.2 Å². The predicted molar refractivity (Wildman–Crippen MR) is 131 cm³/mol. The van der Waals surface area contributed by atoms with Crippen molar-refractivity contribution in [2.24, 2.45) is 0 Å². The van der Waals surface area contributed by atoms with E-state index in [1.54, 1.807) is 0 Å². The highest BCUT2D eigenvalue weighted by atomic mass is 16.7. The van der Waals surface area contributed by atoms with Crippen molar-refractivity contribution in [2.75, 3.05) is 13.2 Å². The van der Waals surface area contributed by atoms with E-state index in [-0.39, 0.29) is 5.91 Å². The Balaban J connectivity index is 2.01.